The molecule has 90 valence electrons. The van der Waals surface area contributed by atoms with Gasteiger partial charge in [-0.1, -0.05) is 26.2 Å². The molecular formula is C13H27NO. The van der Waals surface area contributed by atoms with Crippen LogP contribution < -0.4 is 0 Å². The maximum Gasteiger partial charge on any atom is 0.0580 e. The summed E-state index contributed by atoms with van der Waals surface area (Å²) in [6, 6.07) is 0. The second kappa shape index (κ2) is 6.49. The third-order valence-electron chi connectivity index (χ3n) is 3.82. The molecule has 3 atom stereocenters. The van der Waals surface area contributed by atoms with E-state index in [9.17, 15) is 5.11 Å². The van der Waals surface area contributed by atoms with E-state index in [0.29, 0.717) is 5.92 Å². The first-order chi connectivity index (χ1) is 7.13. The molecule has 0 bridgehead atoms. The Morgan fingerprint density at radius 3 is 2.67 bits per heavy atom. The van der Waals surface area contributed by atoms with E-state index in [2.05, 4.69) is 25.9 Å². The topological polar surface area (TPSA) is 23.5 Å². The number of nitrogens with zero attached hydrogens (tertiary/aromatic N) is 1. The van der Waals surface area contributed by atoms with Gasteiger partial charge in [0.15, 0.2) is 0 Å². The summed E-state index contributed by atoms with van der Waals surface area (Å²) in [7, 11) is 4.14. The van der Waals surface area contributed by atoms with Crippen molar-refractivity contribution in [2.75, 3.05) is 20.6 Å². The van der Waals surface area contributed by atoms with Gasteiger partial charge in [0.05, 0.1) is 6.10 Å². The van der Waals surface area contributed by atoms with Crippen LogP contribution in [0.3, 0.4) is 0 Å². The first-order valence-electron chi connectivity index (χ1n) is 6.46. The lowest BCUT2D eigenvalue weighted by Crippen LogP contribution is -2.29. The van der Waals surface area contributed by atoms with E-state index < -0.39 is 0 Å². The van der Waals surface area contributed by atoms with Crippen molar-refractivity contribution in [2.45, 2.75) is 51.6 Å². The van der Waals surface area contributed by atoms with Crippen LogP contribution in [-0.2, 0) is 0 Å². The van der Waals surface area contributed by atoms with E-state index in [-0.39, 0.29) is 6.10 Å². The Morgan fingerprint density at radius 2 is 2.07 bits per heavy atom. The number of rotatable bonds is 5. The zero-order valence-electron chi connectivity index (χ0n) is 10.6. The number of aliphatic hydroxyl groups is 1. The second-order valence-corrected chi connectivity index (χ2v) is 5.36. The van der Waals surface area contributed by atoms with Crippen molar-refractivity contribution in [3.63, 3.8) is 0 Å². The lowest BCUT2D eigenvalue weighted by atomic mass is 9.77. The summed E-state index contributed by atoms with van der Waals surface area (Å²) in [5.41, 5.74) is 0. The first kappa shape index (κ1) is 13.0. The highest BCUT2D eigenvalue weighted by atomic mass is 16.3. The van der Waals surface area contributed by atoms with E-state index in [1.807, 2.05) is 0 Å². The highest BCUT2D eigenvalue weighted by molar-refractivity contribution is 4.78. The molecule has 0 aliphatic heterocycles. The average Bonchev–Trinajstić information content (AvgIpc) is 2.26. The molecule has 15 heavy (non-hydrogen) atoms. The molecule has 1 saturated carbocycles. The summed E-state index contributed by atoms with van der Waals surface area (Å²) >= 11 is 0. The van der Waals surface area contributed by atoms with Crippen molar-refractivity contribution >= 4 is 0 Å². The third-order valence-corrected chi connectivity index (χ3v) is 3.82. The Morgan fingerprint density at radius 1 is 1.33 bits per heavy atom. The molecule has 1 aliphatic carbocycles. The van der Waals surface area contributed by atoms with Crippen LogP contribution in [-0.4, -0.2) is 36.8 Å². The van der Waals surface area contributed by atoms with Gasteiger partial charge in [-0.2, -0.15) is 0 Å². The number of aliphatic hydroxyl groups excluding tert-OH is 1. The van der Waals surface area contributed by atoms with E-state index in [4.69, 9.17) is 0 Å². The largest absolute Gasteiger partial charge is 0.393 e. The van der Waals surface area contributed by atoms with Crippen LogP contribution in [0.4, 0.5) is 0 Å². The van der Waals surface area contributed by atoms with E-state index in [0.717, 1.165) is 18.9 Å². The Balaban J connectivity index is 2.28. The zero-order valence-corrected chi connectivity index (χ0v) is 10.6. The normalized spacial score (nSPS) is 29.4. The van der Waals surface area contributed by atoms with Gasteiger partial charge in [0.1, 0.15) is 0 Å². The molecule has 2 nitrogen and oxygen atoms in total. The van der Waals surface area contributed by atoms with E-state index >= 15 is 0 Å². The maximum absolute atomic E-state index is 10.1. The van der Waals surface area contributed by atoms with Gasteiger partial charge in [-0.25, -0.2) is 0 Å². The SMILES string of the molecule is CCC1CCCC(C(O)CCN(C)C)C1. The average molecular weight is 213 g/mol. The van der Waals surface area contributed by atoms with Gasteiger partial charge in [0, 0.05) is 0 Å². The summed E-state index contributed by atoms with van der Waals surface area (Å²) in [5.74, 6) is 1.45. The second-order valence-electron chi connectivity index (χ2n) is 5.36. The van der Waals surface area contributed by atoms with Gasteiger partial charge < -0.3 is 10.0 Å². The Kier molecular flexibility index (Phi) is 5.62. The minimum atomic E-state index is -0.0678. The van der Waals surface area contributed by atoms with Crippen LogP contribution in [0.1, 0.15) is 45.4 Å². The first-order valence-corrected chi connectivity index (χ1v) is 6.46. The molecule has 0 saturated heterocycles. The smallest absolute Gasteiger partial charge is 0.0580 e. The molecule has 0 spiro atoms. The van der Waals surface area contributed by atoms with Gasteiger partial charge in [0.25, 0.3) is 0 Å². The minimum Gasteiger partial charge on any atom is -0.393 e. The van der Waals surface area contributed by atoms with Crippen molar-refractivity contribution in [3.8, 4) is 0 Å². The van der Waals surface area contributed by atoms with E-state index in [1.165, 1.54) is 32.1 Å². The molecule has 0 radical (unpaired) electrons. The standard InChI is InChI=1S/C13H27NO/c1-4-11-6-5-7-12(10-11)13(15)8-9-14(2)3/h11-13,15H,4-10H2,1-3H3. The molecule has 1 fully saturated rings. The third kappa shape index (κ3) is 4.52. The van der Waals surface area contributed by atoms with Crippen LogP contribution in [0, 0.1) is 11.8 Å². The highest BCUT2D eigenvalue weighted by Gasteiger charge is 2.26. The highest BCUT2D eigenvalue weighted by Crippen LogP contribution is 2.33. The Bertz CT molecular complexity index is 170. The summed E-state index contributed by atoms with van der Waals surface area (Å²) in [4.78, 5) is 2.16. The fraction of sp³-hybridized carbons (Fsp3) is 1.00. The van der Waals surface area contributed by atoms with Gasteiger partial charge in [0.2, 0.25) is 0 Å². The van der Waals surface area contributed by atoms with Crippen LogP contribution >= 0.6 is 0 Å². The molecule has 0 aromatic rings. The van der Waals surface area contributed by atoms with Crippen LogP contribution in [0.5, 0.6) is 0 Å². The number of hydrogen-bond acceptors (Lipinski definition) is 2. The lowest BCUT2D eigenvalue weighted by Gasteiger charge is -2.32. The Labute approximate surface area is 94.7 Å². The molecule has 1 N–H and O–H groups in total. The molecule has 0 amide bonds. The predicted molar refractivity (Wildman–Crippen MR) is 64.9 cm³/mol. The molecule has 0 heterocycles. The van der Waals surface area contributed by atoms with Gasteiger partial charge in [-0.3, -0.25) is 0 Å². The van der Waals surface area contributed by atoms with Gasteiger partial charge in [-0.15, -0.1) is 0 Å². The molecular weight excluding hydrogens is 186 g/mol. The fourth-order valence-corrected chi connectivity index (χ4v) is 2.68. The zero-order chi connectivity index (χ0) is 11.3. The van der Waals surface area contributed by atoms with Crippen molar-refractivity contribution in [1.82, 2.24) is 4.90 Å². The van der Waals surface area contributed by atoms with Crippen molar-refractivity contribution in [2.24, 2.45) is 11.8 Å². The molecule has 1 rings (SSSR count). The van der Waals surface area contributed by atoms with Crippen molar-refractivity contribution < 1.29 is 5.11 Å². The predicted octanol–water partition coefficient (Wildman–Crippen LogP) is 2.52. The van der Waals surface area contributed by atoms with Crippen LogP contribution in [0.2, 0.25) is 0 Å². The lowest BCUT2D eigenvalue weighted by molar-refractivity contribution is 0.0561. The summed E-state index contributed by atoms with van der Waals surface area (Å²) in [6.45, 7) is 3.29. The molecule has 3 unspecified atom stereocenters. The van der Waals surface area contributed by atoms with Crippen molar-refractivity contribution in [1.29, 1.82) is 0 Å². The van der Waals surface area contributed by atoms with E-state index in [1.54, 1.807) is 0 Å². The van der Waals surface area contributed by atoms with Crippen LogP contribution in [0.25, 0.3) is 0 Å². The quantitative estimate of drug-likeness (QED) is 0.758. The van der Waals surface area contributed by atoms with Gasteiger partial charge >= 0.3 is 0 Å². The van der Waals surface area contributed by atoms with Crippen molar-refractivity contribution in [3.05, 3.63) is 0 Å². The van der Waals surface area contributed by atoms with Crippen LogP contribution in [0.15, 0.2) is 0 Å². The molecule has 2 heteroatoms. The number of hydrogen-bond donors (Lipinski definition) is 1. The summed E-state index contributed by atoms with van der Waals surface area (Å²) in [5, 5.41) is 10.1. The molecule has 1 aliphatic rings. The summed E-state index contributed by atoms with van der Waals surface area (Å²) in [6.07, 6.45) is 7.36. The maximum atomic E-state index is 10.1. The minimum absolute atomic E-state index is 0.0678. The Hall–Kier alpha value is -0.0800. The molecule has 0 aromatic heterocycles. The van der Waals surface area contributed by atoms with Gasteiger partial charge in [-0.05, 0) is 51.7 Å². The monoisotopic (exact) mass is 213 g/mol. The molecule has 0 aromatic carbocycles. The fourth-order valence-electron chi connectivity index (χ4n) is 2.68. The summed E-state index contributed by atoms with van der Waals surface area (Å²) < 4.78 is 0.